The molecule has 0 aliphatic carbocycles. The van der Waals surface area contributed by atoms with E-state index in [1.165, 1.54) is 0 Å². The second-order valence-electron chi connectivity index (χ2n) is 2.52. The molecule has 0 aliphatic rings. The molecule has 0 atom stereocenters. The molecule has 0 fully saturated rings. The lowest BCUT2D eigenvalue weighted by Crippen LogP contribution is -2.02. The number of hydrogen-bond acceptors (Lipinski definition) is 5. The largest absolute Gasteiger partial charge is 0.502 e. The Balaban J connectivity index is 2.83. The van der Waals surface area contributed by atoms with E-state index in [4.69, 9.17) is 5.11 Å². The molecule has 0 amide bonds. The zero-order chi connectivity index (χ0) is 12.3. The van der Waals surface area contributed by atoms with Gasteiger partial charge in [-0.05, 0) is 12.1 Å². The van der Waals surface area contributed by atoms with Gasteiger partial charge in [0.2, 0.25) is 0 Å². The smallest absolute Gasteiger partial charge is 0.479 e. The number of hydrogen-bond donors (Lipinski definition) is 1. The van der Waals surface area contributed by atoms with E-state index in [-0.39, 0.29) is 5.75 Å². The quantitative estimate of drug-likeness (QED) is 0.510. The predicted molar refractivity (Wildman–Crippen MR) is 49.0 cm³/mol. The van der Waals surface area contributed by atoms with E-state index in [2.05, 4.69) is 4.18 Å². The number of phenols is 1. The van der Waals surface area contributed by atoms with Crippen LogP contribution in [0.3, 0.4) is 0 Å². The van der Waals surface area contributed by atoms with Gasteiger partial charge >= 0.3 is 11.2 Å². The molecular weight excluding hydrogens is 251 g/mol. The first-order chi connectivity index (χ1) is 7.29. The molecule has 0 saturated heterocycles. The highest BCUT2D eigenvalue weighted by atomic mass is 32.2. The molecule has 0 unspecified atom stereocenters. The van der Waals surface area contributed by atoms with Gasteiger partial charge in [-0.15, -0.1) is 0 Å². The molecule has 1 aromatic carbocycles. The second-order valence-corrected chi connectivity index (χ2v) is 3.32. The highest BCUT2D eigenvalue weighted by Crippen LogP contribution is 2.35. The van der Waals surface area contributed by atoms with E-state index in [9.17, 15) is 23.3 Å². The minimum atomic E-state index is -4.60. The van der Waals surface area contributed by atoms with Crippen molar-refractivity contribution in [2.45, 2.75) is 5.51 Å². The van der Waals surface area contributed by atoms with Crippen molar-refractivity contribution in [1.29, 1.82) is 0 Å². The van der Waals surface area contributed by atoms with E-state index in [1.807, 2.05) is 0 Å². The molecule has 0 aliphatic heterocycles. The monoisotopic (exact) mass is 255 g/mol. The molecule has 0 radical (unpaired) electrons. The van der Waals surface area contributed by atoms with Gasteiger partial charge in [0.05, 0.1) is 11.0 Å². The molecule has 1 N–H and O–H groups in total. The lowest BCUT2D eigenvalue weighted by Gasteiger charge is -2.06. The predicted octanol–water partition coefficient (Wildman–Crippen LogP) is 2.85. The number of rotatable bonds is 3. The second kappa shape index (κ2) is 4.47. The van der Waals surface area contributed by atoms with Crippen molar-refractivity contribution in [1.82, 2.24) is 0 Å². The summed E-state index contributed by atoms with van der Waals surface area (Å²) in [6.07, 6.45) is 0. The van der Waals surface area contributed by atoms with Gasteiger partial charge in [0, 0.05) is 0 Å². The minimum absolute atomic E-state index is 0.369. The molecule has 1 aromatic rings. The molecule has 1 rings (SSSR count). The van der Waals surface area contributed by atoms with Crippen molar-refractivity contribution in [3.05, 3.63) is 28.3 Å². The maximum Gasteiger partial charge on any atom is 0.479 e. The fourth-order valence-corrected chi connectivity index (χ4v) is 1.09. The fourth-order valence-electron chi connectivity index (χ4n) is 0.797. The summed E-state index contributed by atoms with van der Waals surface area (Å²) in [6, 6.07) is 2.57. The van der Waals surface area contributed by atoms with E-state index in [1.54, 1.807) is 0 Å². The van der Waals surface area contributed by atoms with Crippen molar-refractivity contribution in [2.24, 2.45) is 0 Å². The van der Waals surface area contributed by atoms with Crippen LogP contribution in [-0.4, -0.2) is 15.5 Å². The molecule has 88 valence electrons. The maximum absolute atomic E-state index is 11.7. The Kier molecular flexibility index (Phi) is 3.48. The Labute approximate surface area is 91.2 Å². The third kappa shape index (κ3) is 3.50. The van der Waals surface area contributed by atoms with E-state index >= 15 is 0 Å². The lowest BCUT2D eigenvalue weighted by molar-refractivity contribution is -0.385. The van der Waals surface area contributed by atoms with Crippen molar-refractivity contribution in [3.63, 3.8) is 0 Å². The van der Waals surface area contributed by atoms with Gasteiger partial charge in [0.25, 0.3) is 0 Å². The normalized spacial score (nSPS) is 11.2. The summed E-state index contributed by atoms with van der Waals surface area (Å²) in [5.41, 5.74) is -5.33. The number of phenolic OH excluding ortho intramolecular Hbond substituents is 1. The molecule has 0 bridgehead atoms. The fraction of sp³-hybridized carbons (Fsp3) is 0.143. The highest BCUT2D eigenvalue weighted by Gasteiger charge is 2.31. The number of nitro benzene ring substituents is 1. The number of benzene rings is 1. The molecular formula is C7H4F3NO4S. The zero-order valence-electron chi connectivity index (χ0n) is 7.39. The standard InChI is InChI=1S/C7H4F3NO4S/c8-7(9,10)16-15-4-1-2-6(12)5(3-4)11(13)14/h1-3,12H. The van der Waals surface area contributed by atoms with Gasteiger partial charge in [-0.1, -0.05) is 0 Å². The molecule has 0 spiro atoms. The summed E-state index contributed by atoms with van der Waals surface area (Å²) in [5.74, 6) is -1.01. The van der Waals surface area contributed by atoms with Crippen molar-refractivity contribution in [3.8, 4) is 11.5 Å². The van der Waals surface area contributed by atoms with Crippen molar-refractivity contribution >= 4 is 17.7 Å². The SMILES string of the molecule is O=[N+]([O-])c1cc(OSC(F)(F)F)ccc1O. The van der Waals surface area contributed by atoms with Crippen LogP contribution in [0.15, 0.2) is 18.2 Å². The number of nitrogens with zero attached hydrogens (tertiary/aromatic N) is 1. The van der Waals surface area contributed by atoms with Crippen molar-refractivity contribution < 1.29 is 27.4 Å². The first-order valence-corrected chi connectivity index (χ1v) is 4.43. The lowest BCUT2D eigenvalue weighted by atomic mass is 10.3. The Hall–Kier alpha value is -1.64. The van der Waals surface area contributed by atoms with Crippen LogP contribution in [0, 0.1) is 10.1 Å². The van der Waals surface area contributed by atoms with Crippen LogP contribution in [0.2, 0.25) is 0 Å². The van der Waals surface area contributed by atoms with E-state index < -0.39 is 33.9 Å². The van der Waals surface area contributed by atoms with Crippen LogP contribution in [0.5, 0.6) is 11.5 Å². The minimum Gasteiger partial charge on any atom is -0.502 e. The molecule has 0 heterocycles. The summed E-state index contributed by atoms with van der Waals surface area (Å²) in [4.78, 5) is 9.41. The number of nitro groups is 1. The van der Waals surface area contributed by atoms with Gasteiger partial charge in [-0.2, -0.15) is 13.2 Å². The number of aromatic hydroxyl groups is 1. The van der Waals surface area contributed by atoms with E-state index in [0.717, 1.165) is 12.1 Å². The molecule has 5 nitrogen and oxygen atoms in total. The molecule has 9 heteroatoms. The first-order valence-electron chi connectivity index (χ1n) is 3.69. The van der Waals surface area contributed by atoms with Crippen LogP contribution >= 0.6 is 12.0 Å². The average molecular weight is 255 g/mol. The van der Waals surface area contributed by atoms with Crippen molar-refractivity contribution in [2.75, 3.05) is 0 Å². The van der Waals surface area contributed by atoms with Crippen LogP contribution in [0.4, 0.5) is 18.9 Å². The molecule has 0 saturated carbocycles. The first kappa shape index (κ1) is 12.4. The van der Waals surface area contributed by atoms with Crippen LogP contribution in [0.25, 0.3) is 0 Å². The summed E-state index contributed by atoms with van der Waals surface area (Å²) in [7, 11) is 0. The number of halogens is 3. The summed E-state index contributed by atoms with van der Waals surface area (Å²) in [6.45, 7) is 0. The van der Waals surface area contributed by atoms with Crippen LogP contribution in [-0.2, 0) is 0 Å². The Morgan fingerprint density at radius 1 is 1.44 bits per heavy atom. The maximum atomic E-state index is 11.7. The molecule has 16 heavy (non-hydrogen) atoms. The zero-order valence-corrected chi connectivity index (χ0v) is 8.21. The summed E-state index contributed by atoms with van der Waals surface area (Å²) in [5, 5.41) is 19.3. The Bertz CT molecular complexity index is 409. The molecule has 0 aromatic heterocycles. The van der Waals surface area contributed by atoms with Gasteiger partial charge in [-0.3, -0.25) is 10.1 Å². The third-order valence-electron chi connectivity index (χ3n) is 1.38. The van der Waals surface area contributed by atoms with Crippen LogP contribution in [0.1, 0.15) is 0 Å². The van der Waals surface area contributed by atoms with Gasteiger partial charge in [0.1, 0.15) is 5.75 Å². The van der Waals surface area contributed by atoms with Gasteiger partial charge in [0.15, 0.2) is 17.8 Å². The van der Waals surface area contributed by atoms with Crippen LogP contribution < -0.4 is 4.18 Å². The highest BCUT2D eigenvalue weighted by molar-refractivity contribution is 7.95. The van der Waals surface area contributed by atoms with E-state index in [0.29, 0.717) is 6.07 Å². The number of alkyl halides is 3. The third-order valence-corrected chi connectivity index (χ3v) is 1.84. The summed E-state index contributed by atoms with van der Waals surface area (Å²) < 4.78 is 39.4. The van der Waals surface area contributed by atoms with Gasteiger partial charge < -0.3 is 9.29 Å². The van der Waals surface area contributed by atoms with Gasteiger partial charge in [-0.25, -0.2) is 0 Å². The summed E-state index contributed by atoms with van der Waals surface area (Å²) >= 11 is -0.791. The Morgan fingerprint density at radius 3 is 2.56 bits per heavy atom. The Morgan fingerprint density at radius 2 is 2.06 bits per heavy atom. The topological polar surface area (TPSA) is 72.6 Å². The average Bonchev–Trinajstić information content (AvgIpc) is 2.14.